The van der Waals surface area contributed by atoms with Gasteiger partial charge in [-0.3, -0.25) is 34.2 Å². The van der Waals surface area contributed by atoms with Crippen LogP contribution in [0.25, 0.3) is 10.9 Å². The van der Waals surface area contributed by atoms with Gasteiger partial charge in [0.15, 0.2) is 18.2 Å². The number of anilines is 4. The first-order valence-electron chi connectivity index (χ1n) is 22.2. The molecule has 7 heterocycles. The highest BCUT2D eigenvalue weighted by molar-refractivity contribution is 6.33. The number of nitrogens with zero attached hydrogens (tertiary/aromatic N) is 8. The third-order valence-electron chi connectivity index (χ3n) is 13.2. The van der Waals surface area contributed by atoms with Crippen LogP contribution in [-0.2, 0) is 25.7 Å². The van der Waals surface area contributed by atoms with E-state index in [1.807, 2.05) is 44.2 Å². The lowest BCUT2D eigenvalue weighted by Gasteiger charge is -2.49. The lowest BCUT2D eigenvalue weighted by molar-refractivity contribution is -0.137. The van der Waals surface area contributed by atoms with Crippen molar-refractivity contribution in [2.75, 3.05) is 61.5 Å². The van der Waals surface area contributed by atoms with Crippen molar-refractivity contribution >= 4 is 69.4 Å². The third-order valence-corrected chi connectivity index (χ3v) is 13.4. The van der Waals surface area contributed by atoms with Gasteiger partial charge < -0.3 is 39.4 Å². The zero-order valence-electron chi connectivity index (χ0n) is 36.5. The molecule has 1 aromatic carbocycles. The second kappa shape index (κ2) is 18.0. The van der Waals surface area contributed by atoms with Crippen LogP contribution in [-0.4, -0.2) is 130 Å². The van der Waals surface area contributed by atoms with Gasteiger partial charge in [-0.25, -0.2) is 9.97 Å². The van der Waals surface area contributed by atoms with Crippen molar-refractivity contribution in [3.8, 4) is 5.75 Å². The molecule has 0 spiro atoms. The summed E-state index contributed by atoms with van der Waals surface area (Å²) in [5.41, 5.74) is 2.34. The number of piperidine rings is 2. The van der Waals surface area contributed by atoms with Gasteiger partial charge in [-0.2, -0.15) is 4.98 Å². The molecular weight excluding hydrogens is 842 g/mol. The van der Waals surface area contributed by atoms with Crippen molar-refractivity contribution in [3.05, 3.63) is 69.2 Å². The zero-order valence-corrected chi connectivity index (χ0v) is 37.3. The number of amides is 4. The van der Waals surface area contributed by atoms with Crippen LogP contribution in [0.4, 0.5) is 23.3 Å². The average molecular weight is 896 g/mol. The summed E-state index contributed by atoms with van der Waals surface area (Å²) in [5.74, 6) is 0.714. The molecule has 3 aromatic heterocycles. The fourth-order valence-corrected chi connectivity index (χ4v) is 9.76. The molecule has 1 aliphatic carbocycles. The highest BCUT2D eigenvalue weighted by Crippen LogP contribution is 2.35. The molecule has 1 saturated carbocycles. The van der Waals surface area contributed by atoms with E-state index < -0.39 is 11.9 Å². The first-order valence-corrected chi connectivity index (χ1v) is 22.6. The topological polar surface area (TPSA) is 196 Å². The number of piperazine rings is 1. The third kappa shape index (κ3) is 8.69. The number of carbonyl (C=O) groups is 4. The van der Waals surface area contributed by atoms with Crippen LogP contribution in [0.3, 0.4) is 0 Å². The number of imide groups is 1. The average Bonchev–Trinajstić information content (AvgIpc) is 3.59. The van der Waals surface area contributed by atoms with Crippen LogP contribution >= 0.6 is 11.6 Å². The first kappa shape index (κ1) is 43.4. The molecule has 4 amide bonds. The van der Waals surface area contributed by atoms with E-state index in [-0.39, 0.29) is 72.9 Å². The van der Waals surface area contributed by atoms with Gasteiger partial charge in [-0.05, 0) is 89.3 Å². The van der Waals surface area contributed by atoms with Crippen LogP contribution < -0.4 is 36.0 Å². The van der Waals surface area contributed by atoms with Crippen LogP contribution in [0.5, 0.6) is 5.75 Å². The summed E-state index contributed by atoms with van der Waals surface area (Å²) in [6, 6.07) is 10.9. The number of benzene rings is 1. The Kier molecular flexibility index (Phi) is 12.2. The van der Waals surface area contributed by atoms with Crippen LogP contribution in [0.15, 0.2) is 47.4 Å². The Morgan fingerprint density at radius 2 is 1.77 bits per heavy atom. The molecule has 0 bridgehead atoms. The Morgan fingerprint density at radius 3 is 2.50 bits per heavy atom. The molecule has 19 heteroatoms. The smallest absolute Gasteiger partial charge is 0.293 e. The van der Waals surface area contributed by atoms with E-state index in [4.69, 9.17) is 31.0 Å². The minimum atomic E-state index is -0.656. The van der Waals surface area contributed by atoms with E-state index in [0.717, 1.165) is 75.1 Å². The van der Waals surface area contributed by atoms with Gasteiger partial charge in [0, 0.05) is 75.4 Å². The highest BCUT2D eigenvalue weighted by atomic mass is 35.5. The van der Waals surface area contributed by atoms with E-state index in [1.54, 1.807) is 21.7 Å². The van der Waals surface area contributed by atoms with Crippen LogP contribution in [0, 0.1) is 0 Å². The highest BCUT2D eigenvalue weighted by Gasteiger charge is 2.42. The number of nitrogens with one attached hydrogen (secondary N) is 3. The van der Waals surface area contributed by atoms with Crippen LogP contribution in [0.1, 0.15) is 81.4 Å². The molecule has 3 saturated heterocycles. The number of rotatable bonds is 12. The summed E-state index contributed by atoms with van der Waals surface area (Å²) in [4.78, 5) is 85.3. The summed E-state index contributed by atoms with van der Waals surface area (Å²) < 4.78 is 13.9. The minimum Gasteiger partial charge on any atom is -0.478 e. The molecule has 338 valence electrons. The van der Waals surface area contributed by atoms with Crippen molar-refractivity contribution < 1.29 is 28.7 Å². The van der Waals surface area contributed by atoms with Gasteiger partial charge in [-0.15, -0.1) is 0 Å². The summed E-state index contributed by atoms with van der Waals surface area (Å²) in [7, 11) is 1.51. The van der Waals surface area contributed by atoms with Gasteiger partial charge >= 0.3 is 0 Å². The van der Waals surface area contributed by atoms with Gasteiger partial charge in [0.2, 0.25) is 17.8 Å². The van der Waals surface area contributed by atoms with Gasteiger partial charge in [0.25, 0.3) is 17.4 Å². The molecule has 2 atom stereocenters. The van der Waals surface area contributed by atoms with Crippen molar-refractivity contribution in [3.63, 3.8) is 0 Å². The number of halogens is 1. The van der Waals surface area contributed by atoms with Crippen molar-refractivity contribution in [2.45, 2.75) is 102 Å². The molecule has 64 heavy (non-hydrogen) atoms. The van der Waals surface area contributed by atoms with E-state index in [9.17, 15) is 24.0 Å². The van der Waals surface area contributed by atoms with E-state index in [0.29, 0.717) is 46.2 Å². The number of fused-ring (bicyclic) bond motifs is 2. The molecule has 9 rings (SSSR count). The normalized spacial score (nSPS) is 23.0. The number of ether oxygens (including phenoxy) is 2. The summed E-state index contributed by atoms with van der Waals surface area (Å²) in [5, 5.41) is 9.32. The standard InChI is InChI=1S/C45H54ClN11O7/c1-25(2)57-35-7-5-28(17-27(35)18-37(44(57)62)63-24-40(59)47-4)49-41-33(46)21-48-45(52-41)53-13-11-30(12-14-53)64-31-19-29(20-31)54-15-16-55(26(3)22-54)38-9-6-32-34(50-38)23-56(43(32)61)36-8-10-39(58)51-42(36)60/h5-7,9,17-18,21,25-26,29-31,36H,8,10-16,19-20,22-24H2,1-4H3,(H,47,59)(H,48,49,52)(H,51,58,60)/t26-,29-,31-,36?/m1/s1. The minimum absolute atomic E-state index is 0.0917. The lowest BCUT2D eigenvalue weighted by atomic mass is 9.86. The summed E-state index contributed by atoms with van der Waals surface area (Å²) >= 11 is 6.60. The Hall–Kier alpha value is -5.85. The molecule has 0 radical (unpaired) electrons. The molecule has 4 fully saturated rings. The monoisotopic (exact) mass is 895 g/mol. The Balaban J connectivity index is 0.749. The maximum absolute atomic E-state index is 13.2. The second-order valence-electron chi connectivity index (χ2n) is 17.7. The van der Waals surface area contributed by atoms with Crippen LogP contribution in [0.2, 0.25) is 5.02 Å². The molecule has 5 aliphatic rings. The van der Waals surface area contributed by atoms with Gasteiger partial charge in [-0.1, -0.05) is 11.6 Å². The fourth-order valence-electron chi connectivity index (χ4n) is 9.62. The quantitative estimate of drug-likeness (QED) is 0.174. The molecular formula is C45H54ClN11O7. The molecule has 1 unspecified atom stereocenters. The Bertz CT molecular complexity index is 2540. The SMILES string of the molecule is CNC(=O)COc1cc2cc(Nc3nc(N4CCC(O[C@H]5C[C@H](N6CCN(c7ccc8c(n7)CN(C7CCC(=O)NC7=O)C8=O)[C@H](C)C6)C5)CC4)ncc3Cl)ccc2n(C(C)C)c1=O. The maximum Gasteiger partial charge on any atom is 0.293 e. The largest absolute Gasteiger partial charge is 0.478 e. The Morgan fingerprint density at radius 1 is 0.969 bits per heavy atom. The first-order chi connectivity index (χ1) is 30.8. The molecule has 4 aliphatic heterocycles. The van der Waals surface area contributed by atoms with Gasteiger partial charge in [0.1, 0.15) is 16.9 Å². The number of likely N-dealkylation sites (N-methyl/N-ethyl adjacent to an activating group) is 1. The van der Waals surface area contributed by atoms with E-state index in [1.165, 1.54) is 7.05 Å². The van der Waals surface area contributed by atoms with Crippen molar-refractivity contribution in [1.29, 1.82) is 0 Å². The predicted octanol–water partition coefficient (Wildman–Crippen LogP) is 3.78. The lowest BCUT2D eigenvalue weighted by Crippen LogP contribution is -2.59. The maximum atomic E-state index is 13.2. The number of hydrogen-bond donors (Lipinski definition) is 3. The summed E-state index contributed by atoms with van der Waals surface area (Å²) in [6.07, 6.45) is 6.29. The van der Waals surface area contributed by atoms with E-state index >= 15 is 0 Å². The molecule has 4 aromatic rings. The number of hydrogen-bond acceptors (Lipinski definition) is 14. The number of carbonyl (C=O) groups excluding carboxylic acids is 4. The van der Waals surface area contributed by atoms with E-state index in [2.05, 4.69) is 42.6 Å². The number of pyridine rings is 2. The zero-order chi connectivity index (χ0) is 44.8. The molecule has 18 nitrogen and oxygen atoms in total. The summed E-state index contributed by atoms with van der Waals surface area (Å²) in [6.45, 7) is 10.2. The fraction of sp³-hybridized carbons (Fsp3) is 0.511. The number of aromatic nitrogens is 4. The predicted molar refractivity (Wildman–Crippen MR) is 240 cm³/mol. The van der Waals surface area contributed by atoms with Crippen molar-refractivity contribution in [2.24, 2.45) is 0 Å². The van der Waals surface area contributed by atoms with Gasteiger partial charge in [0.05, 0.1) is 41.7 Å². The Labute approximate surface area is 375 Å². The molecule has 3 N–H and O–H groups in total. The second-order valence-corrected chi connectivity index (χ2v) is 18.1. The van der Waals surface area contributed by atoms with Crippen molar-refractivity contribution in [1.82, 2.24) is 40.0 Å².